The molecule has 0 bridgehead atoms. The van der Waals surface area contributed by atoms with Gasteiger partial charge in [0.1, 0.15) is 5.04 Å². The summed E-state index contributed by atoms with van der Waals surface area (Å²) in [6.45, 7) is 1.96. The Balaban J connectivity index is 1.87. The van der Waals surface area contributed by atoms with Crippen molar-refractivity contribution in [3.05, 3.63) is 0 Å². The molecule has 1 saturated carbocycles. The van der Waals surface area contributed by atoms with Gasteiger partial charge in [-0.3, -0.25) is 4.79 Å². The van der Waals surface area contributed by atoms with Crippen LogP contribution in [0.3, 0.4) is 0 Å². The molecule has 0 aromatic heterocycles. The van der Waals surface area contributed by atoms with E-state index in [2.05, 4.69) is 15.5 Å². The fourth-order valence-electron chi connectivity index (χ4n) is 1.14. The van der Waals surface area contributed by atoms with Gasteiger partial charge < -0.3 is 0 Å². The second-order valence-electron chi connectivity index (χ2n) is 3.45. The SMILES string of the molecule is CCCC(=O)N=C1[N]N=C(C2CC2)S1. The molecule has 4 nitrogen and oxygen atoms in total. The van der Waals surface area contributed by atoms with Crippen LogP contribution in [0.1, 0.15) is 32.6 Å². The highest BCUT2D eigenvalue weighted by Crippen LogP contribution is 2.37. The highest BCUT2D eigenvalue weighted by Gasteiger charge is 2.33. The van der Waals surface area contributed by atoms with E-state index in [9.17, 15) is 4.79 Å². The van der Waals surface area contributed by atoms with Crippen molar-refractivity contribution >= 4 is 27.9 Å². The number of carbonyl (C=O) groups excluding carboxylic acids is 1. The zero-order chi connectivity index (χ0) is 9.97. The molecule has 2 aliphatic rings. The highest BCUT2D eigenvalue weighted by atomic mass is 32.2. The van der Waals surface area contributed by atoms with Gasteiger partial charge in [0.25, 0.3) is 0 Å². The number of rotatable bonds is 3. The number of aliphatic imine (C=N–C) groups is 1. The lowest BCUT2D eigenvalue weighted by molar-refractivity contribution is -0.117. The summed E-state index contributed by atoms with van der Waals surface area (Å²) in [6.07, 6.45) is 3.74. The Morgan fingerprint density at radius 3 is 3.07 bits per heavy atom. The molecule has 1 radical (unpaired) electrons. The predicted octanol–water partition coefficient (Wildman–Crippen LogP) is 1.74. The van der Waals surface area contributed by atoms with E-state index < -0.39 is 0 Å². The van der Waals surface area contributed by atoms with Crippen molar-refractivity contribution in [1.29, 1.82) is 0 Å². The molecule has 75 valence electrons. The number of hydrogen-bond acceptors (Lipinski definition) is 3. The van der Waals surface area contributed by atoms with Gasteiger partial charge in [-0.15, -0.1) is 10.5 Å². The van der Waals surface area contributed by atoms with Crippen LogP contribution in [-0.4, -0.2) is 16.1 Å². The molecule has 0 N–H and O–H groups in total. The second kappa shape index (κ2) is 4.13. The Morgan fingerprint density at radius 2 is 2.43 bits per heavy atom. The van der Waals surface area contributed by atoms with Crippen LogP contribution >= 0.6 is 11.8 Å². The molecule has 2 rings (SSSR count). The summed E-state index contributed by atoms with van der Waals surface area (Å²) in [4.78, 5) is 15.1. The molecule has 1 heterocycles. The number of amidine groups is 1. The van der Waals surface area contributed by atoms with Gasteiger partial charge in [-0.25, -0.2) is 0 Å². The smallest absolute Gasteiger partial charge is 0.248 e. The Kier molecular flexibility index (Phi) is 2.86. The minimum absolute atomic E-state index is 0.0917. The molecule has 0 aromatic rings. The lowest BCUT2D eigenvalue weighted by Crippen LogP contribution is -2.04. The summed E-state index contributed by atoms with van der Waals surface area (Å²) in [5.41, 5.74) is 3.88. The molecule has 1 aliphatic heterocycles. The molecule has 0 saturated heterocycles. The van der Waals surface area contributed by atoms with Crippen LogP contribution in [0.15, 0.2) is 10.1 Å². The molecule has 0 aromatic carbocycles. The first-order valence-corrected chi connectivity index (χ1v) is 5.69. The zero-order valence-electron chi connectivity index (χ0n) is 8.06. The Bertz CT molecular complexity index is 307. The predicted molar refractivity (Wildman–Crippen MR) is 57.2 cm³/mol. The van der Waals surface area contributed by atoms with E-state index in [4.69, 9.17) is 0 Å². The van der Waals surface area contributed by atoms with Crippen LogP contribution in [0.2, 0.25) is 0 Å². The molecule has 0 unspecified atom stereocenters. The summed E-state index contributed by atoms with van der Waals surface area (Å²) in [6, 6.07) is 0. The maximum absolute atomic E-state index is 11.2. The number of nitrogens with zero attached hydrogens (tertiary/aromatic N) is 3. The van der Waals surface area contributed by atoms with E-state index in [-0.39, 0.29) is 5.91 Å². The molecule has 0 spiro atoms. The topological polar surface area (TPSA) is 55.9 Å². The highest BCUT2D eigenvalue weighted by molar-refractivity contribution is 8.26. The molecular formula is C9H12N3OS. The fraction of sp³-hybridized carbons (Fsp3) is 0.667. The molecule has 0 atom stereocenters. The van der Waals surface area contributed by atoms with Crippen LogP contribution in [0.4, 0.5) is 0 Å². The minimum atomic E-state index is -0.0917. The van der Waals surface area contributed by atoms with E-state index in [1.54, 1.807) is 0 Å². The average Bonchev–Trinajstić information content (AvgIpc) is 2.89. The van der Waals surface area contributed by atoms with Crippen molar-refractivity contribution < 1.29 is 4.79 Å². The van der Waals surface area contributed by atoms with Gasteiger partial charge in [0.15, 0.2) is 0 Å². The van der Waals surface area contributed by atoms with Gasteiger partial charge in [0, 0.05) is 12.3 Å². The number of carbonyl (C=O) groups is 1. The van der Waals surface area contributed by atoms with Crippen molar-refractivity contribution in [2.45, 2.75) is 32.6 Å². The lowest BCUT2D eigenvalue weighted by atomic mass is 10.3. The summed E-state index contributed by atoms with van der Waals surface area (Å²) in [7, 11) is 0. The quantitative estimate of drug-likeness (QED) is 0.712. The normalized spacial score (nSPS) is 23.5. The van der Waals surface area contributed by atoms with E-state index >= 15 is 0 Å². The van der Waals surface area contributed by atoms with Gasteiger partial charge in [-0.05, 0) is 31.0 Å². The van der Waals surface area contributed by atoms with Crippen molar-refractivity contribution in [2.24, 2.45) is 16.0 Å². The van der Waals surface area contributed by atoms with Gasteiger partial charge in [0.2, 0.25) is 11.1 Å². The van der Waals surface area contributed by atoms with Crippen molar-refractivity contribution in [1.82, 2.24) is 5.43 Å². The summed E-state index contributed by atoms with van der Waals surface area (Å²) in [5, 5.41) is 5.57. The molecular weight excluding hydrogens is 198 g/mol. The molecule has 1 fully saturated rings. The second-order valence-corrected chi connectivity index (χ2v) is 4.44. The largest absolute Gasteiger partial charge is 0.273 e. The Hall–Kier alpha value is -0.840. The van der Waals surface area contributed by atoms with E-state index in [1.165, 1.54) is 24.6 Å². The average molecular weight is 210 g/mol. The number of thioether (sulfide) groups is 1. The van der Waals surface area contributed by atoms with Crippen LogP contribution in [0.5, 0.6) is 0 Å². The first-order valence-electron chi connectivity index (χ1n) is 4.87. The summed E-state index contributed by atoms with van der Waals surface area (Å²) in [5.74, 6) is 0.503. The van der Waals surface area contributed by atoms with Crippen LogP contribution in [0.25, 0.3) is 0 Å². The Labute approximate surface area is 87.2 Å². The van der Waals surface area contributed by atoms with Crippen molar-refractivity contribution in [3.63, 3.8) is 0 Å². The number of hydrogen-bond donors (Lipinski definition) is 0. The molecule has 5 heteroatoms. The molecule has 1 amide bonds. The monoisotopic (exact) mass is 210 g/mol. The summed E-state index contributed by atoms with van der Waals surface area (Å²) < 4.78 is 0. The first-order chi connectivity index (χ1) is 6.79. The maximum Gasteiger partial charge on any atom is 0.248 e. The third kappa shape index (κ3) is 2.35. The van der Waals surface area contributed by atoms with Crippen molar-refractivity contribution in [3.8, 4) is 0 Å². The van der Waals surface area contributed by atoms with Crippen LogP contribution < -0.4 is 5.43 Å². The summed E-state index contributed by atoms with van der Waals surface area (Å²) >= 11 is 1.45. The molecule has 1 aliphatic carbocycles. The van der Waals surface area contributed by atoms with E-state index in [0.29, 0.717) is 17.5 Å². The third-order valence-corrected chi connectivity index (χ3v) is 3.02. The molecule has 14 heavy (non-hydrogen) atoms. The van der Waals surface area contributed by atoms with Gasteiger partial charge in [0.05, 0.1) is 0 Å². The van der Waals surface area contributed by atoms with Gasteiger partial charge in [-0.2, -0.15) is 4.99 Å². The zero-order valence-corrected chi connectivity index (χ0v) is 8.88. The lowest BCUT2D eigenvalue weighted by Gasteiger charge is -1.92. The van der Waals surface area contributed by atoms with Gasteiger partial charge in [-0.1, -0.05) is 6.92 Å². The fourth-order valence-corrected chi connectivity index (χ4v) is 2.04. The van der Waals surface area contributed by atoms with E-state index in [1.807, 2.05) is 6.92 Å². The Morgan fingerprint density at radius 1 is 1.64 bits per heavy atom. The minimum Gasteiger partial charge on any atom is -0.273 e. The maximum atomic E-state index is 11.2. The van der Waals surface area contributed by atoms with Gasteiger partial charge >= 0.3 is 0 Å². The first kappa shape index (κ1) is 9.71. The van der Waals surface area contributed by atoms with Crippen LogP contribution in [-0.2, 0) is 4.79 Å². The van der Waals surface area contributed by atoms with E-state index in [0.717, 1.165) is 11.5 Å². The number of amides is 1. The van der Waals surface area contributed by atoms with Crippen LogP contribution in [0, 0.1) is 5.92 Å². The van der Waals surface area contributed by atoms with Crippen molar-refractivity contribution in [2.75, 3.05) is 0 Å². The standard InChI is InChI=1S/C9H12N3OS/c1-2-3-7(13)10-9-12-11-8(14-9)6-4-5-6/h6H,2-5H2,1H3. The third-order valence-electron chi connectivity index (χ3n) is 2.04.